The van der Waals surface area contributed by atoms with E-state index in [1.165, 1.54) is 11.1 Å². The van der Waals surface area contributed by atoms with Crippen LogP contribution in [0.15, 0.2) is 73.3 Å². The molecule has 2 aromatic carbocycles. The zero-order valence-corrected chi connectivity index (χ0v) is 11.3. The number of aryl methyl sites for hydroxylation is 1. The van der Waals surface area contributed by atoms with Crippen molar-refractivity contribution < 1.29 is 0 Å². The Hall–Kier alpha value is -1.79. The molecule has 0 amide bonds. The van der Waals surface area contributed by atoms with Crippen molar-refractivity contribution in [3.8, 4) is 0 Å². The first-order valence-corrected chi connectivity index (χ1v) is 6.16. The molecule has 92 valence electrons. The van der Waals surface area contributed by atoms with Gasteiger partial charge in [0.2, 0.25) is 0 Å². The zero-order valence-electron chi connectivity index (χ0n) is 10.5. The summed E-state index contributed by atoms with van der Waals surface area (Å²) >= 11 is 5.61. The molecule has 2 aromatic rings. The minimum absolute atomic E-state index is 0.801. The molecule has 0 radical (unpaired) electrons. The fourth-order valence-electron chi connectivity index (χ4n) is 1.28. The van der Waals surface area contributed by atoms with Gasteiger partial charge in [0.25, 0.3) is 0 Å². The van der Waals surface area contributed by atoms with Crippen LogP contribution in [0.2, 0.25) is 5.02 Å². The Morgan fingerprint density at radius 3 is 2.06 bits per heavy atom. The third-order valence-electron chi connectivity index (χ3n) is 2.24. The fourth-order valence-corrected chi connectivity index (χ4v) is 1.40. The van der Waals surface area contributed by atoms with Crippen molar-refractivity contribution in [2.75, 3.05) is 0 Å². The number of hydrogen-bond acceptors (Lipinski definition) is 0. The van der Waals surface area contributed by atoms with Gasteiger partial charge in [-0.15, -0.1) is 0 Å². The van der Waals surface area contributed by atoms with E-state index in [9.17, 15) is 0 Å². The maximum absolute atomic E-state index is 5.61. The molecule has 0 aromatic heterocycles. The number of benzene rings is 2. The second-order valence-corrected chi connectivity index (χ2v) is 4.24. The van der Waals surface area contributed by atoms with E-state index in [-0.39, 0.29) is 0 Å². The second-order valence-electron chi connectivity index (χ2n) is 3.80. The van der Waals surface area contributed by atoms with Crippen LogP contribution in [0.1, 0.15) is 11.1 Å². The van der Waals surface area contributed by atoms with Crippen LogP contribution in [-0.4, -0.2) is 0 Å². The molecule has 0 heterocycles. The molecule has 0 aliphatic heterocycles. The third-order valence-corrected chi connectivity index (χ3v) is 2.49. The predicted octanol–water partition coefficient (Wildman–Crippen LogP) is 5.53. The van der Waals surface area contributed by atoms with Gasteiger partial charge in [0.05, 0.1) is 0 Å². The van der Waals surface area contributed by atoms with Gasteiger partial charge in [-0.25, -0.2) is 0 Å². The van der Waals surface area contributed by atoms with E-state index >= 15 is 0 Å². The Morgan fingerprint density at radius 1 is 0.944 bits per heavy atom. The molecule has 0 atom stereocenters. The number of hydrogen-bond donors (Lipinski definition) is 0. The molecule has 0 bridgehead atoms. The first-order valence-electron chi connectivity index (χ1n) is 5.78. The Morgan fingerprint density at radius 2 is 1.56 bits per heavy atom. The first kappa shape index (κ1) is 14.3. The van der Waals surface area contributed by atoms with E-state index in [4.69, 9.17) is 11.6 Å². The summed E-state index contributed by atoms with van der Waals surface area (Å²) in [6, 6.07) is 17.9. The standard InChI is InChI=1S/C10H10.C7H7Cl/c1-2-3-7-10-8-5-4-6-9-10;1-6-2-4-7(8)5-3-6/h2-9H,1H2;2-5H,1H3. The van der Waals surface area contributed by atoms with E-state index in [2.05, 4.69) is 18.7 Å². The van der Waals surface area contributed by atoms with Crippen LogP contribution in [-0.2, 0) is 0 Å². The number of halogens is 1. The maximum Gasteiger partial charge on any atom is 0.0406 e. The fraction of sp³-hybridized carbons (Fsp3) is 0.0588. The molecule has 0 saturated carbocycles. The third kappa shape index (κ3) is 6.07. The highest BCUT2D eigenvalue weighted by Gasteiger charge is 1.82. The Kier molecular flexibility index (Phi) is 6.60. The second kappa shape index (κ2) is 8.32. The highest BCUT2D eigenvalue weighted by Crippen LogP contribution is 2.07. The van der Waals surface area contributed by atoms with Gasteiger partial charge in [0.1, 0.15) is 0 Å². The SMILES string of the molecule is C=CC=Cc1ccccc1.Cc1ccc(Cl)cc1. The minimum Gasteiger partial charge on any atom is -0.0991 e. The number of rotatable bonds is 2. The Bertz CT molecular complexity index is 460. The Labute approximate surface area is 114 Å². The molecule has 0 fully saturated rings. The summed E-state index contributed by atoms with van der Waals surface area (Å²) in [5.41, 5.74) is 2.46. The van der Waals surface area contributed by atoms with Gasteiger partial charge in [0.15, 0.2) is 0 Å². The van der Waals surface area contributed by atoms with Crippen molar-refractivity contribution >= 4 is 17.7 Å². The minimum atomic E-state index is 0.801. The summed E-state index contributed by atoms with van der Waals surface area (Å²) in [4.78, 5) is 0. The molecule has 2 rings (SSSR count). The quantitative estimate of drug-likeness (QED) is 0.620. The van der Waals surface area contributed by atoms with Gasteiger partial charge >= 0.3 is 0 Å². The van der Waals surface area contributed by atoms with Gasteiger partial charge in [-0.05, 0) is 24.6 Å². The van der Waals surface area contributed by atoms with Crippen molar-refractivity contribution in [1.29, 1.82) is 0 Å². The molecule has 0 aliphatic rings. The van der Waals surface area contributed by atoms with E-state index in [0.29, 0.717) is 0 Å². The first-order chi connectivity index (χ1) is 8.72. The lowest BCUT2D eigenvalue weighted by Crippen LogP contribution is -1.66. The summed E-state index contributed by atoms with van der Waals surface area (Å²) in [5.74, 6) is 0. The van der Waals surface area contributed by atoms with Crippen molar-refractivity contribution in [1.82, 2.24) is 0 Å². The normalized spacial score (nSPS) is 9.67. The van der Waals surface area contributed by atoms with Crippen LogP contribution in [0.4, 0.5) is 0 Å². The highest BCUT2D eigenvalue weighted by atomic mass is 35.5. The van der Waals surface area contributed by atoms with Gasteiger partial charge < -0.3 is 0 Å². The highest BCUT2D eigenvalue weighted by molar-refractivity contribution is 6.30. The molecule has 18 heavy (non-hydrogen) atoms. The molecule has 0 unspecified atom stereocenters. The van der Waals surface area contributed by atoms with E-state index in [1.807, 2.05) is 61.5 Å². The molecule has 1 heteroatoms. The van der Waals surface area contributed by atoms with Gasteiger partial charge in [-0.1, -0.05) is 84.4 Å². The van der Waals surface area contributed by atoms with Crippen LogP contribution in [0, 0.1) is 6.92 Å². The summed E-state index contributed by atoms with van der Waals surface area (Å²) in [6.45, 7) is 5.63. The molecule has 0 N–H and O–H groups in total. The summed E-state index contributed by atoms with van der Waals surface area (Å²) in [6.07, 6.45) is 5.72. The summed E-state index contributed by atoms with van der Waals surface area (Å²) < 4.78 is 0. The molecule has 0 aliphatic carbocycles. The lowest BCUT2D eigenvalue weighted by atomic mass is 10.2. The molecule has 0 saturated heterocycles. The lowest BCUT2D eigenvalue weighted by Gasteiger charge is -1.88. The monoisotopic (exact) mass is 256 g/mol. The van der Waals surface area contributed by atoms with Crippen molar-refractivity contribution in [2.24, 2.45) is 0 Å². The van der Waals surface area contributed by atoms with Gasteiger partial charge in [-0.3, -0.25) is 0 Å². The average molecular weight is 257 g/mol. The van der Waals surface area contributed by atoms with Crippen LogP contribution >= 0.6 is 11.6 Å². The van der Waals surface area contributed by atoms with E-state index in [1.54, 1.807) is 6.08 Å². The number of allylic oxidation sites excluding steroid dienone is 2. The maximum atomic E-state index is 5.61. The summed E-state index contributed by atoms with van der Waals surface area (Å²) in [5, 5.41) is 0.801. The molecule has 0 nitrogen and oxygen atoms in total. The van der Waals surface area contributed by atoms with E-state index < -0.39 is 0 Å². The van der Waals surface area contributed by atoms with Crippen molar-refractivity contribution in [2.45, 2.75) is 6.92 Å². The van der Waals surface area contributed by atoms with Crippen molar-refractivity contribution in [3.05, 3.63) is 89.5 Å². The molecule has 0 spiro atoms. The smallest absolute Gasteiger partial charge is 0.0406 e. The van der Waals surface area contributed by atoms with Crippen LogP contribution in [0.5, 0.6) is 0 Å². The van der Waals surface area contributed by atoms with E-state index in [0.717, 1.165) is 5.02 Å². The van der Waals surface area contributed by atoms with Gasteiger partial charge in [0, 0.05) is 5.02 Å². The van der Waals surface area contributed by atoms with Crippen LogP contribution < -0.4 is 0 Å². The van der Waals surface area contributed by atoms with Crippen molar-refractivity contribution in [3.63, 3.8) is 0 Å². The summed E-state index contributed by atoms with van der Waals surface area (Å²) in [7, 11) is 0. The molecular formula is C17H17Cl. The van der Waals surface area contributed by atoms with Crippen LogP contribution in [0.3, 0.4) is 0 Å². The van der Waals surface area contributed by atoms with Crippen LogP contribution in [0.25, 0.3) is 6.08 Å². The molecular weight excluding hydrogens is 240 g/mol. The Balaban J connectivity index is 0.000000184. The van der Waals surface area contributed by atoms with Gasteiger partial charge in [-0.2, -0.15) is 0 Å². The zero-order chi connectivity index (χ0) is 13.2. The average Bonchev–Trinajstić information content (AvgIpc) is 2.42. The lowest BCUT2D eigenvalue weighted by molar-refractivity contribution is 1.48. The largest absolute Gasteiger partial charge is 0.0991 e. The predicted molar refractivity (Wildman–Crippen MR) is 81.9 cm³/mol. The topological polar surface area (TPSA) is 0 Å².